The van der Waals surface area contributed by atoms with Gasteiger partial charge < -0.3 is 10.4 Å². The summed E-state index contributed by atoms with van der Waals surface area (Å²) < 4.78 is 37.8. The minimum absolute atomic E-state index is 0.0814. The zero-order chi connectivity index (χ0) is 21.0. The Bertz CT molecular complexity index is 893. The predicted octanol–water partition coefficient (Wildman–Crippen LogP) is 4.55. The van der Waals surface area contributed by atoms with Crippen LogP contribution in [0.1, 0.15) is 50.2 Å². The van der Waals surface area contributed by atoms with Gasteiger partial charge in [0.05, 0.1) is 29.1 Å². The van der Waals surface area contributed by atoms with Gasteiger partial charge in [0.25, 0.3) is 0 Å². The number of hydrogen-bond donors (Lipinski definition) is 2. The van der Waals surface area contributed by atoms with Crippen molar-refractivity contribution in [3.05, 3.63) is 40.9 Å². The summed E-state index contributed by atoms with van der Waals surface area (Å²) in [5.41, 5.74) is 1.42. The number of aliphatic hydroxyl groups excluding tert-OH is 1. The van der Waals surface area contributed by atoms with Gasteiger partial charge in [0.15, 0.2) is 0 Å². The third-order valence-corrected chi connectivity index (χ3v) is 5.14. The lowest BCUT2D eigenvalue weighted by Gasteiger charge is -2.30. The molecule has 156 valence electrons. The molecule has 1 fully saturated rings. The average molecular weight is 427 g/mol. The van der Waals surface area contributed by atoms with Gasteiger partial charge in [-0.2, -0.15) is 9.78 Å². The molecule has 3 rings (SSSR count). The van der Waals surface area contributed by atoms with E-state index in [1.165, 1.54) is 6.20 Å². The number of aromatic nitrogens is 3. The molecular formula is C20H22ClF3N4O. The fourth-order valence-corrected chi connectivity index (χ4v) is 3.72. The Hall–Kier alpha value is -2.24. The second-order valence-electron chi connectivity index (χ2n) is 7.39. The van der Waals surface area contributed by atoms with Crippen molar-refractivity contribution in [2.24, 2.45) is 5.92 Å². The van der Waals surface area contributed by atoms with Gasteiger partial charge in [-0.15, -0.1) is 13.2 Å². The number of halogens is 4. The maximum atomic E-state index is 12.6. The van der Waals surface area contributed by atoms with Crippen molar-refractivity contribution in [1.82, 2.24) is 14.8 Å². The van der Waals surface area contributed by atoms with Crippen molar-refractivity contribution in [3.8, 4) is 11.8 Å². The predicted molar refractivity (Wildman–Crippen MR) is 104 cm³/mol. The highest BCUT2D eigenvalue weighted by Gasteiger charge is 2.31. The highest BCUT2D eigenvalue weighted by Crippen LogP contribution is 2.30. The van der Waals surface area contributed by atoms with Crippen LogP contribution in [-0.2, 0) is 6.30 Å². The maximum Gasteiger partial charge on any atom is 0.504 e. The van der Waals surface area contributed by atoms with Crippen LogP contribution < -0.4 is 5.32 Å². The first kappa shape index (κ1) is 21.5. The monoisotopic (exact) mass is 426 g/mol. The molecule has 0 radical (unpaired) electrons. The molecule has 0 bridgehead atoms. The van der Waals surface area contributed by atoms with E-state index in [2.05, 4.69) is 27.2 Å². The molecule has 29 heavy (non-hydrogen) atoms. The summed E-state index contributed by atoms with van der Waals surface area (Å²) in [5.74, 6) is 6.08. The SMILES string of the molecule is CC(O)CC1CCC(Nc2cc(Cl)ncc2C#Cc2cnn(C(F)(F)F)c2)CC1. The summed E-state index contributed by atoms with van der Waals surface area (Å²) >= 11 is 6.02. The Morgan fingerprint density at radius 3 is 2.62 bits per heavy atom. The first-order chi connectivity index (χ1) is 13.7. The number of anilines is 1. The van der Waals surface area contributed by atoms with Crippen molar-refractivity contribution >= 4 is 17.3 Å². The minimum atomic E-state index is -4.57. The van der Waals surface area contributed by atoms with Crippen LogP contribution in [0.25, 0.3) is 0 Å². The standard InChI is InChI=1S/C20H22ClF3N4O/c1-13(29)8-14-3-6-17(7-4-14)27-18-9-19(21)25-11-16(18)5-2-15-10-26-28(12-15)20(22,23)24/h9-14,17,29H,3-4,6-8H2,1H3,(H,25,27). The summed E-state index contributed by atoms with van der Waals surface area (Å²) in [6, 6.07) is 1.92. The van der Waals surface area contributed by atoms with E-state index in [0.717, 1.165) is 44.5 Å². The second kappa shape index (κ2) is 9.06. The van der Waals surface area contributed by atoms with E-state index in [-0.39, 0.29) is 22.4 Å². The molecule has 0 aromatic carbocycles. The van der Waals surface area contributed by atoms with Crippen LogP contribution >= 0.6 is 11.6 Å². The van der Waals surface area contributed by atoms with E-state index in [0.29, 0.717) is 22.3 Å². The fraction of sp³-hybridized carbons (Fsp3) is 0.500. The quantitative estimate of drug-likeness (QED) is 0.556. The first-order valence-electron chi connectivity index (χ1n) is 9.44. The van der Waals surface area contributed by atoms with E-state index in [1.807, 2.05) is 6.92 Å². The summed E-state index contributed by atoms with van der Waals surface area (Å²) in [6.45, 7) is 1.81. The smallest absolute Gasteiger partial charge is 0.393 e. The van der Waals surface area contributed by atoms with Gasteiger partial charge in [-0.05, 0) is 51.0 Å². The number of alkyl halides is 3. The van der Waals surface area contributed by atoms with Crippen molar-refractivity contribution < 1.29 is 18.3 Å². The van der Waals surface area contributed by atoms with Gasteiger partial charge in [0, 0.05) is 18.4 Å². The lowest BCUT2D eigenvalue weighted by molar-refractivity contribution is -0.212. The van der Waals surface area contributed by atoms with E-state index in [9.17, 15) is 18.3 Å². The van der Waals surface area contributed by atoms with Gasteiger partial charge >= 0.3 is 6.30 Å². The summed E-state index contributed by atoms with van der Waals surface area (Å²) in [7, 11) is 0. The van der Waals surface area contributed by atoms with Crippen LogP contribution in [0.15, 0.2) is 24.7 Å². The molecule has 0 saturated heterocycles. The third-order valence-electron chi connectivity index (χ3n) is 4.94. The molecule has 0 aliphatic heterocycles. The largest absolute Gasteiger partial charge is 0.504 e. The highest BCUT2D eigenvalue weighted by molar-refractivity contribution is 6.29. The molecule has 9 heteroatoms. The normalized spacial score (nSPS) is 20.6. The maximum absolute atomic E-state index is 12.6. The van der Waals surface area contributed by atoms with Gasteiger partial charge in [0.2, 0.25) is 0 Å². The number of aliphatic hydroxyl groups is 1. The minimum Gasteiger partial charge on any atom is -0.393 e. The first-order valence-corrected chi connectivity index (χ1v) is 9.82. The second-order valence-corrected chi connectivity index (χ2v) is 7.78. The molecule has 2 heterocycles. The Morgan fingerprint density at radius 2 is 2.00 bits per heavy atom. The van der Waals surface area contributed by atoms with Crippen molar-refractivity contribution in [1.29, 1.82) is 0 Å². The molecule has 1 aliphatic rings. The molecule has 5 nitrogen and oxygen atoms in total. The van der Waals surface area contributed by atoms with Crippen LogP contribution in [-0.4, -0.2) is 32.0 Å². The van der Waals surface area contributed by atoms with Crippen molar-refractivity contribution in [2.45, 2.75) is 57.5 Å². The molecule has 2 N–H and O–H groups in total. The van der Waals surface area contributed by atoms with Crippen LogP contribution in [0, 0.1) is 17.8 Å². The molecule has 0 amide bonds. The molecule has 1 aliphatic carbocycles. The van der Waals surface area contributed by atoms with E-state index in [1.54, 1.807) is 6.07 Å². The Labute approximate surface area is 172 Å². The molecule has 0 spiro atoms. The summed E-state index contributed by atoms with van der Waals surface area (Å²) in [5, 5.41) is 16.6. The molecule has 1 atom stereocenters. The average Bonchev–Trinajstić information content (AvgIpc) is 3.12. The summed E-state index contributed by atoms with van der Waals surface area (Å²) in [4.78, 5) is 4.03. The lowest BCUT2D eigenvalue weighted by atomic mass is 9.83. The van der Waals surface area contributed by atoms with Crippen LogP contribution in [0.2, 0.25) is 5.15 Å². The van der Waals surface area contributed by atoms with Gasteiger partial charge in [-0.1, -0.05) is 23.4 Å². The number of hydrogen-bond acceptors (Lipinski definition) is 4. The fourth-order valence-electron chi connectivity index (χ4n) is 3.56. The molecule has 1 saturated carbocycles. The number of nitrogens with zero attached hydrogens (tertiary/aromatic N) is 3. The van der Waals surface area contributed by atoms with E-state index in [4.69, 9.17) is 11.6 Å². The molecule has 2 aromatic rings. The Balaban J connectivity index is 1.70. The zero-order valence-electron chi connectivity index (χ0n) is 15.9. The van der Waals surface area contributed by atoms with E-state index < -0.39 is 6.30 Å². The molecular weight excluding hydrogens is 405 g/mol. The number of pyridine rings is 1. The lowest BCUT2D eigenvalue weighted by Crippen LogP contribution is -2.27. The Morgan fingerprint density at radius 1 is 1.28 bits per heavy atom. The molecule has 1 unspecified atom stereocenters. The van der Waals surface area contributed by atoms with Gasteiger partial charge in [-0.25, -0.2) is 4.98 Å². The van der Waals surface area contributed by atoms with Gasteiger partial charge in [0.1, 0.15) is 5.15 Å². The van der Waals surface area contributed by atoms with Gasteiger partial charge in [-0.3, -0.25) is 0 Å². The van der Waals surface area contributed by atoms with E-state index >= 15 is 0 Å². The number of rotatable bonds is 4. The van der Waals surface area contributed by atoms with Crippen LogP contribution in [0.4, 0.5) is 18.9 Å². The van der Waals surface area contributed by atoms with Crippen LogP contribution in [0.3, 0.4) is 0 Å². The summed E-state index contributed by atoms with van der Waals surface area (Å²) in [6.07, 6.45) is 3.35. The zero-order valence-corrected chi connectivity index (χ0v) is 16.6. The third kappa shape index (κ3) is 6.12. The van der Waals surface area contributed by atoms with Crippen molar-refractivity contribution in [2.75, 3.05) is 5.32 Å². The highest BCUT2D eigenvalue weighted by atomic mass is 35.5. The van der Waals surface area contributed by atoms with Crippen molar-refractivity contribution in [3.63, 3.8) is 0 Å². The molecule has 2 aromatic heterocycles. The number of nitrogens with one attached hydrogen (secondary N) is 1. The topological polar surface area (TPSA) is 63.0 Å². The van der Waals surface area contributed by atoms with Crippen LogP contribution in [0.5, 0.6) is 0 Å². The Kier molecular flexibility index (Phi) is 6.70.